The number of nitriles is 1. The normalized spacial score (nSPS) is 10.3. The average molecular weight is 297 g/mol. The molecule has 0 aliphatic heterocycles. The van der Waals surface area contributed by atoms with Gasteiger partial charge < -0.3 is 4.57 Å². The fraction of sp³-hybridized carbons (Fsp3) is 0.0714. The summed E-state index contributed by atoms with van der Waals surface area (Å²) in [6.45, 7) is 0. The lowest BCUT2D eigenvalue weighted by molar-refractivity contribution is 0.914. The summed E-state index contributed by atoms with van der Waals surface area (Å²) in [5.74, 6) is 0.420. The van der Waals surface area contributed by atoms with Gasteiger partial charge in [0.25, 0.3) is 0 Å². The highest BCUT2D eigenvalue weighted by Gasteiger charge is 2.17. The lowest BCUT2D eigenvalue weighted by atomic mass is 10.2. The summed E-state index contributed by atoms with van der Waals surface area (Å²) in [7, 11) is 1.82. The molecule has 0 N–H and O–H groups in total. The quantitative estimate of drug-likeness (QED) is 0.679. The summed E-state index contributed by atoms with van der Waals surface area (Å²) in [4.78, 5) is 16.7. The Balaban J connectivity index is 2.26. The van der Waals surface area contributed by atoms with Gasteiger partial charge in [-0.05, 0) is 12.1 Å². The minimum absolute atomic E-state index is 0.113. The number of aromatic nitrogens is 5. The first-order valence-corrected chi connectivity index (χ1v) is 6.43. The molecule has 6 nitrogen and oxygen atoms in total. The van der Waals surface area contributed by atoms with E-state index >= 15 is 0 Å². The average Bonchev–Trinajstić information content (AvgIpc) is 2.93. The van der Waals surface area contributed by atoms with Crippen LogP contribution in [0.5, 0.6) is 0 Å². The van der Waals surface area contributed by atoms with E-state index in [0.29, 0.717) is 17.2 Å². The summed E-state index contributed by atoms with van der Waals surface area (Å²) < 4.78 is 1.77. The number of pyridine rings is 1. The molecule has 0 radical (unpaired) electrons. The van der Waals surface area contributed by atoms with E-state index in [1.165, 1.54) is 0 Å². The predicted molar refractivity (Wildman–Crippen MR) is 77.2 cm³/mol. The largest absolute Gasteiger partial charge is 0.332 e. The Hall–Kier alpha value is -2.78. The van der Waals surface area contributed by atoms with E-state index < -0.39 is 0 Å². The Labute approximate surface area is 125 Å². The molecule has 3 heterocycles. The molecular formula is C14H9ClN6. The maximum atomic E-state index is 9.29. The lowest BCUT2D eigenvalue weighted by Gasteiger charge is -2.08. The van der Waals surface area contributed by atoms with Gasteiger partial charge >= 0.3 is 0 Å². The molecule has 21 heavy (non-hydrogen) atoms. The minimum atomic E-state index is 0.113. The summed E-state index contributed by atoms with van der Waals surface area (Å²) in [6.07, 6.45) is 6.57. The summed E-state index contributed by atoms with van der Waals surface area (Å²) in [5.41, 5.74) is 2.11. The van der Waals surface area contributed by atoms with Crippen molar-refractivity contribution in [2.24, 2.45) is 7.05 Å². The molecule has 0 unspecified atom stereocenters. The maximum Gasteiger partial charge on any atom is 0.163 e. The van der Waals surface area contributed by atoms with Crippen LogP contribution in [0.25, 0.3) is 22.8 Å². The highest BCUT2D eigenvalue weighted by molar-refractivity contribution is 6.31. The van der Waals surface area contributed by atoms with Crippen LogP contribution in [-0.2, 0) is 7.05 Å². The van der Waals surface area contributed by atoms with E-state index in [9.17, 15) is 5.26 Å². The molecule has 0 saturated heterocycles. The van der Waals surface area contributed by atoms with E-state index in [1.807, 2.05) is 19.2 Å². The molecule has 0 aromatic carbocycles. The van der Waals surface area contributed by atoms with Crippen LogP contribution in [0.1, 0.15) is 5.56 Å². The van der Waals surface area contributed by atoms with Gasteiger partial charge in [0.05, 0.1) is 18.2 Å². The Morgan fingerprint density at radius 2 is 2.10 bits per heavy atom. The molecule has 3 aromatic heterocycles. The minimum Gasteiger partial charge on any atom is -0.332 e. The van der Waals surface area contributed by atoms with Crippen molar-refractivity contribution in [3.05, 3.63) is 47.8 Å². The first-order chi connectivity index (χ1) is 10.2. The fourth-order valence-electron chi connectivity index (χ4n) is 1.93. The van der Waals surface area contributed by atoms with Crippen molar-refractivity contribution in [2.75, 3.05) is 0 Å². The number of halogens is 1. The lowest BCUT2D eigenvalue weighted by Crippen LogP contribution is -2.01. The number of imidazole rings is 1. The Kier molecular flexibility index (Phi) is 3.34. The van der Waals surface area contributed by atoms with Gasteiger partial charge in [-0.2, -0.15) is 5.26 Å². The second-order valence-corrected chi connectivity index (χ2v) is 4.66. The van der Waals surface area contributed by atoms with Gasteiger partial charge in [0, 0.05) is 25.0 Å². The standard InChI is InChI=1S/C14H9ClN6/c1-21-8-18-7-11(21)12-10(5-16)13(15)20-14(19-12)9-3-2-4-17-6-9/h2-4,6-8H,1H3. The zero-order valence-corrected chi connectivity index (χ0v) is 11.8. The molecule has 102 valence electrons. The highest BCUT2D eigenvalue weighted by atomic mass is 35.5. The molecule has 0 bridgehead atoms. The molecule has 0 saturated carbocycles. The van der Waals surface area contributed by atoms with Crippen molar-refractivity contribution in [1.82, 2.24) is 24.5 Å². The number of hydrogen-bond acceptors (Lipinski definition) is 5. The van der Waals surface area contributed by atoms with E-state index in [2.05, 4.69) is 19.9 Å². The van der Waals surface area contributed by atoms with Crippen LogP contribution in [0.15, 0.2) is 37.1 Å². The van der Waals surface area contributed by atoms with E-state index in [-0.39, 0.29) is 10.7 Å². The summed E-state index contributed by atoms with van der Waals surface area (Å²) in [6, 6.07) is 5.66. The molecule has 3 aromatic rings. The van der Waals surface area contributed by atoms with Crippen LogP contribution < -0.4 is 0 Å². The van der Waals surface area contributed by atoms with Gasteiger partial charge in [0.15, 0.2) is 11.0 Å². The van der Waals surface area contributed by atoms with E-state index in [1.54, 1.807) is 35.6 Å². The fourth-order valence-corrected chi connectivity index (χ4v) is 2.14. The monoisotopic (exact) mass is 296 g/mol. The van der Waals surface area contributed by atoms with Crippen LogP contribution in [0.4, 0.5) is 0 Å². The second kappa shape index (κ2) is 5.31. The van der Waals surface area contributed by atoms with E-state index in [0.717, 1.165) is 5.56 Å². The zero-order chi connectivity index (χ0) is 14.8. The van der Waals surface area contributed by atoms with Crippen LogP contribution in [0.2, 0.25) is 5.15 Å². The van der Waals surface area contributed by atoms with Crippen molar-refractivity contribution in [2.45, 2.75) is 0 Å². The number of aryl methyl sites for hydroxylation is 1. The molecule has 0 aliphatic rings. The molecular weight excluding hydrogens is 288 g/mol. The van der Waals surface area contributed by atoms with Gasteiger partial charge in [-0.15, -0.1) is 0 Å². The van der Waals surface area contributed by atoms with Crippen LogP contribution >= 0.6 is 11.6 Å². The zero-order valence-electron chi connectivity index (χ0n) is 11.0. The Morgan fingerprint density at radius 3 is 2.71 bits per heavy atom. The van der Waals surface area contributed by atoms with Crippen molar-refractivity contribution in [3.8, 4) is 28.8 Å². The summed E-state index contributed by atoms with van der Waals surface area (Å²) >= 11 is 6.13. The van der Waals surface area contributed by atoms with Crippen LogP contribution in [-0.4, -0.2) is 24.5 Å². The van der Waals surface area contributed by atoms with Crippen molar-refractivity contribution < 1.29 is 0 Å². The van der Waals surface area contributed by atoms with Gasteiger partial charge in [-0.3, -0.25) is 4.98 Å². The Morgan fingerprint density at radius 1 is 1.24 bits per heavy atom. The molecule has 0 amide bonds. The molecule has 3 rings (SSSR count). The Bertz CT molecular complexity index is 834. The first-order valence-electron chi connectivity index (χ1n) is 6.05. The molecule has 0 atom stereocenters. The first kappa shape index (κ1) is 13.2. The van der Waals surface area contributed by atoms with Gasteiger partial charge in [0.1, 0.15) is 17.3 Å². The smallest absolute Gasteiger partial charge is 0.163 e. The van der Waals surface area contributed by atoms with Gasteiger partial charge in [-0.25, -0.2) is 15.0 Å². The third kappa shape index (κ3) is 2.35. The topological polar surface area (TPSA) is 80.3 Å². The number of rotatable bonds is 2. The molecule has 0 spiro atoms. The van der Waals surface area contributed by atoms with Crippen molar-refractivity contribution in [1.29, 1.82) is 5.26 Å². The third-order valence-electron chi connectivity index (χ3n) is 2.96. The van der Waals surface area contributed by atoms with Crippen molar-refractivity contribution in [3.63, 3.8) is 0 Å². The summed E-state index contributed by atoms with van der Waals surface area (Å²) in [5, 5.41) is 9.41. The molecule has 0 aliphatic carbocycles. The number of hydrogen-bond donors (Lipinski definition) is 0. The second-order valence-electron chi connectivity index (χ2n) is 4.30. The SMILES string of the molecule is Cn1cncc1-c1nc(-c2cccnc2)nc(Cl)c1C#N. The highest BCUT2D eigenvalue weighted by Crippen LogP contribution is 2.28. The van der Waals surface area contributed by atoms with Gasteiger partial charge in [0.2, 0.25) is 0 Å². The van der Waals surface area contributed by atoms with Gasteiger partial charge in [-0.1, -0.05) is 11.6 Å². The number of nitrogens with zero attached hydrogens (tertiary/aromatic N) is 6. The van der Waals surface area contributed by atoms with Crippen LogP contribution in [0.3, 0.4) is 0 Å². The molecule has 0 fully saturated rings. The van der Waals surface area contributed by atoms with E-state index in [4.69, 9.17) is 11.6 Å². The van der Waals surface area contributed by atoms with Crippen LogP contribution in [0, 0.1) is 11.3 Å². The predicted octanol–water partition coefficient (Wildman–Crippen LogP) is 2.46. The third-order valence-corrected chi connectivity index (χ3v) is 3.23. The van der Waals surface area contributed by atoms with Crippen molar-refractivity contribution >= 4 is 11.6 Å². The maximum absolute atomic E-state index is 9.29. The molecule has 7 heteroatoms.